The van der Waals surface area contributed by atoms with E-state index in [1.807, 2.05) is 11.8 Å². The maximum absolute atomic E-state index is 10.3. The summed E-state index contributed by atoms with van der Waals surface area (Å²) in [5.41, 5.74) is 2.69. The molecule has 1 fully saturated rings. The molecule has 0 spiro atoms. The Morgan fingerprint density at radius 1 is 1.06 bits per heavy atom. The van der Waals surface area contributed by atoms with Gasteiger partial charge in [-0.3, -0.25) is 4.90 Å². The Morgan fingerprint density at radius 2 is 1.79 bits per heavy atom. The number of aliphatic hydroxyl groups excluding tert-OH is 1. The lowest BCUT2D eigenvalue weighted by Crippen LogP contribution is -2.32. The molecule has 0 bridgehead atoms. The van der Waals surface area contributed by atoms with Crippen LogP contribution in [0.15, 0.2) is 51.8 Å². The summed E-state index contributed by atoms with van der Waals surface area (Å²) in [5, 5.41) is 10.3. The first-order valence-electron chi connectivity index (χ1n) is 12.7. The van der Waals surface area contributed by atoms with Crippen molar-refractivity contribution in [3.63, 3.8) is 0 Å². The highest BCUT2D eigenvalue weighted by molar-refractivity contribution is 9.10. The largest absolute Gasteiger partial charge is 0.475 e. The highest BCUT2D eigenvalue weighted by Crippen LogP contribution is 2.53. The van der Waals surface area contributed by atoms with Crippen LogP contribution in [0.25, 0.3) is 0 Å². The number of halogens is 1. The van der Waals surface area contributed by atoms with Crippen LogP contribution in [-0.2, 0) is 6.42 Å². The lowest BCUT2D eigenvalue weighted by Gasteiger charge is -2.28. The molecule has 0 aliphatic carbocycles. The molecule has 2 aliphatic rings. The van der Waals surface area contributed by atoms with Crippen LogP contribution in [0.5, 0.6) is 5.75 Å². The van der Waals surface area contributed by atoms with Gasteiger partial charge >= 0.3 is 0 Å². The van der Waals surface area contributed by atoms with Crippen LogP contribution < -0.4 is 4.74 Å². The van der Waals surface area contributed by atoms with Crippen molar-refractivity contribution in [1.82, 2.24) is 4.90 Å². The van der Waals surface area contributed by atoms with Gasteiger partial charge in [-0.05, 0) is 86.8 Å². The highest BCUT2D eigenvalue weighted by atomic mass is 79.9. The molecule has 2 aromatic carbocycles. The molecule has 0 radical (unpaired) electrons. The van der Waals surface area contributed by atoms with Crippen LogP contribution in [0.1, 0.15) is 88.8 Å². The third-order valence-electron chi connectivity index (χ3n) is 7.25. The number of thioether (sulfide) groups is 1. The van der Waals surface area contributed by atoms with Crippen LogP contribution in [0.4, 0.5) is 0 Å². The van der Waals surface area contributed by atoms with Crippen molar-refractivity contribution in [1.29, 1.82) is 0 Å². The predicted molar refractivity (Wildman–Crippen MR) is 142 cm³/mol. The third kappa shape index (κ3) is 5.98. The van der Waals surface area contributed by atoms with E-state index >= 15 is 0 Å². The number of hydrogen-bond acceptors (Lipinski definition) is 4. The summed E-state index contributed by atoms with van der Waals surface area (Å²) in [6.45, 7) is 4.64. The van der Waals surface area contributed by atoms with Crippen LogP contribution in [0.3, 0.4) is 0 Å². The van der Waals surface area contributed by atoms with Crippen LogP contribution >= 0.6 is 27.7 Å². The fraction of sp³-hybridized carbons (Fsp3) is 0.571. The number of aryl methyl sites for hydroxylation is 1. The molecule has 0 aromatic heterocycles. The molecular formula is C28H38BrNO2S. The number of fused-ring (bicyclic) bond motifs is 1. The zero-order chi connectivity index (χ0) is 23.3. The maximum Gasteiger partial charge on any atom is 0.159 e. The molecule has 2 atom stereocenters. The minimum atomic E-state index is -0.0907. The third-order valence-corrected chi connectivity index (χ3v) is 9.18. The monoisotopic (exact) mass is 531 g/mol. The molecule has 4 rings (SSSR count). The second-order valence-corrected chi connectivity index (χ2v) is 11.9. The Bertz CT molecular complexity index is 895. The number of ether oxygens (including phenoxy) is 1. The smallest absolute Gasteiger partial charge is 0.159 e. The summed E-state index contributed by atoms with van der Waals surface area (Å²) in [4.78, 5) is 3.51. The van der Waals surface area contributed by atoms with Gasteiger partial charge in [0.25, 0.3) is 0 Å². The Morgan fingerprint density at radius 3 is 2.45 bits per heavy atom. The number of benzene rings is 2. The zero-order valence-corrected chi connectivity index (χ0v) is 22.5. The average molecular weight is 533 g/mol. The van der Waals surface area contributed by atoms with Crippen molar-refractivity contribution in [2.24, 2.45) is 0 Å². The van der Waals surface area contributed by atoms with E-state index in [1.165, 1.54) is 41.7 Å². The minimum absolute atomic E-state index is 0.0907. The molecule has 0 saturated carbocycles. The lowest BCUT2D eigenvalue weighted by atomic mass is 10.0. The van der Waals surface area contributed by atoms with E-state index in [1.54, 1.807) is 0 Å². The van der Waals surface area contributed by atoms with Crippen LogP contribution in [0.2, 0.25) is 0 Å². The molecule has 2 unspecified atom stereocenters. The molecule has 3 nitrogen and oxygen atoms in total. The minimum Gasteiger partial charge on any atom is -0.475 e. The normalized spacial score (nSPS) is 21.8. The fourth-order valence-electron chi connectivity index (χ4n) is 5.34. The topological polar surface area (TPSA) is 32.7 Å². The number of hydrogen-bond donors (Lipinski definition) is 1. The Balaban J connectivity index is 1.44. The van der Waals surface area contributed by atoms with E-state index in [4.69, 9.17) is 4.74 Å². The number of unbranched alkanes of at least 4 members (excludes halogenated alkanes) is 2. The SMILES string of the molecule is CCCCC1(CCCC)Oc2ccc(C3CCC(CCc4ccc(Br)cc4)N3CO)cc2S1. The van der Waals surface area contributed by atoms with Crippen molar-refractivity contribution in [3.05, 3.63) is 58.1 Å². The van der Waals surface area contributed by atoms with Gasteiger partial charge in [-0.2, -0.15) is 0 Å². The average Bonchev–Trinajstić information content (AvgIpc) is 3.41. The van der Waals surface area contributed by atoms with Crippen LogP contribution in [-0.4, -0.2) is 27.7 Å². The van der Waals surface area contributed by atoms with Crippen molar-refractivity contribution in [2.75, 3.05) is 6.73 Å². The first-order valence-corrected chi connectivity index (χ1v) is 14.3. The van der Waals surface area contributed by atoms with Crippen molar-refractivity contribution >= 4 is 27.7 Å². The number of likely N-dealkylation sites (tertiary alicyclic amines) is 1. The van der Waals surface area contributed by atoms with Gasteiger partial charge in [-0.15, -0.1) is 0 Å². The zero-order valence-electron chi connectivity index (χ0n) is 20.1. The Kier molecular flexibility index (Phi) is 8.83. The van der Waals surface area contributed by atoms with E-state index in [0.717, 1.165) is 48.7 Å². The second-order valence-electron chi connectivity index (χ2n) is 9.60. The Labute approximate surface area is 212 Å². The predicted octanol–water partition coefficient (Wildman–Crippen LogP) is 8.10. The van der Waals surface area contributed by atoms with Crippen molar-refractivity contribution in [3.8, 4) is 5.75 Å². The molecule has 180 valence electrons. The first kappa shape index (κ1) is 25.1. The standard InChI is InChI=1S/C28H38BrNO2S/c1-3-5-17-28(18-6-4-2)32-26-16-10-22(19-27(26)33-28)25-15-14-24(30(25)20-31)13-9-21-7-11-23(29)12-8-21/h7-8,10-12,16,19,24-25,31H,3-6,9,13-15,17-18,20H2,1-2H3. The van der Waals surface area contributed by atoms with Gasteiger partial charge in [0.1, 0.15) is 5.75 Å². The molecule has 2 aliphatic heterocycles. The van der Waals surface area contributed by atoms with Crippen molar-refractivity contribution in [2.45, 2.75) is 100.0 Å². The van der Waals surface area contributed by atoms with Gasteiger partial charge in [0.15, 0.2) is 4.93 Å². The van der Waals surface area contributed by atoms with E-state index in [0.29, 0.717) is 6.04 Å². The molecule has 1 N–H and O–H groups in total. The summed E-state index contributed by atoms with van der Waals surface area (Å²) in [5.74, 6) is 1.05. The summed E-state index contributed by atoms with van der Waals surface area (Å²) in [7, 11) is 0. The molecule has 2 aromatic rings. The van der Waals surface area contributed by atoms with Gasteiger partial charge in [0.05, 0.1) is 11.6 Å². The summed E-state index contributed by atoms with van der Waals surface area (Å²) >= 11 is 5.47. The van der Waals surface area contributed by atoms with Gasteiger partial charge in [0.2, 0.25) is 0 Å². The lowest BCUT2D eigenvalue weighted by molar-refractivity contribution is 0.0596. The van der Waals surface area contributed by atoms with E-state index in [-0.39, 0.29) is 17.7 Å². The second kappa shape index (κ2) is 11.6. The van der Waals surface area contributed by atoms with Crippen molar-refractivity contribution < 1.29 is 9.84 Å². The molecule has 33 heavy (non-hydrogen) atoms. The molecule has 2 heterocycles. The van der Waals surface area contributed by atoms with Gasteiger partial charge in [-0.25, -0.2) is 0 Å². The van der Waals surface area contributed by atoms with Gasteiger partial charge in [-0.1, -0.05) is 72.6 Å². The number of nitrogens with zero attached hydrogens (tertiary/aromatic N) is 1. The summed E-state index contributed by atoms with van der Waals surface area (Å²) in [6, 6.07) is 16.1. The summed E-state index contributed by atoms with van der Waals surface area (Å²) < 4.78 is 7.70. The number of rotatable bonds is 11. The van der Waals surface area contributed by atoms with Gasteiger partial charge in [0, 0.05) is 16.6 Å². The Hall–Kier alpha value is -1.01. The van der Waals surface area contributed by atoms with E-state index in [9.17, 15) is 5.11 Å². The first-order chi connectivity index (χ1) is 16.1. The fourth-order valence-corrected chi connectivity index (χ4v) is 7.04. The van der Waals surface area contributed by atoms with E-state index in [2.05, 4.69) is 77.1 Å². The molecule has 0 amide bonds. The van der Waals surface area contributed by atoms with E-state index < -0.39 is 0 Å². The maximum atomic E-state index is 10.3. The molecule has 5 heteroatoms. The number of aliphatic hydroxyl groups is 1. The summed E-state index contributed by atoms with van der Waals surface area (Å²) in [6.07, 6.45) is 11.4. The van der Waals surface area contributed by atoms with Crippen LogP contribution in [0, 0.1) is 0 Å². The van der Waals surface area contributed by atoms with Gasteiger partial charge < -0.3 is 9.84 Å². The quantitative estimate of drug-likeness (QED) is 0.317. The molecule has 1 saturated heterocycles. The highest BCUT2D eigenvalue weighted by Gasteiger charge is 2.40. The molecular weight excluding hydrogens is 494 g/mol.